The second kappa shape index (κ2) is 10.4. The Kier molecular flexibility index (Phi) is 6.51. The van der Waals surface area contributed by atoms with Crippen molar-refractivity contribution in [2.45, 2.75) is 10.9 Å². The Hall–Kier alpha value is -4.71. The van der Waals surface area contributed by atoms with Crippen LogP contribution in [0.3, 0.4) is 0 Å². The molecule has 0 unspecified atom stereocenters. The van der Waals surface area contributed by atoms with Gasteiger partial charge in [0.15, 0.2) is 0 Å². The molecule has 8 heteroatoms. The summed E-state index contributed by atoms with van der Waals surface area (Å²) in [6.07, 6.45) is 0. The molecule has 0 saturated heterocycles. The van der Waals surface area contributed by atoms with Crippen LogP contribution in [0.2, 0.25) is 0 Å². The number of fused-ring (bicyclic) bond motifs is 10. The maximum atomic E-state index is 13.8. The van der Waals surface area contributed by atoms with E-state index in [1.165, 1.54) is 6.07 Å². The predicted molar refractivity (Wildman–Crippen MR) is 177 cm³/mol. The molecule has 0 aromatic heterocycles. The number of halogens is 3. The third-order valence-corrected chi connectivity index (χ3v) is 12.3. The highest BCUT2D eigenvalue weighted by molar-refractivity contribution is 7.88. The minimum absolute atomic E-state index is 0.341. The first-order valence-corrected chi connectivity index (χ1v) is 17.4. The molecule has 1 atom stereocenters. The lowest BCUT2D eigenvalue weighted by Gasteiger charge is -2.35. The molecule has 2 aliphatic rings. The minimum atomic E-state index is -5.97. The molecule has 6 aromatic carbocycles. The highest BCUT2D eigenvalue weighted by Crippen LogP contribution is 2.65. The molecule has 0 saturated carbocycles. The predicted octanol–water partition coefficient (Wildman–Crippen LogP) is 8.02. The molecule has 226 valence electrons. The maximum absolute atomic E-state index is 13.8. The monoisotopic (exact) mass is 648 g/mol. The summed E-state index contributed by atoms with van der Waals surface area (Å²) in [6, 6.07) is 46.9. The summed E-state index contributed by atoms with van der Waals surface area (Å²) in [6.45, 7) is 0. The number of alkyl halides is 3. The van der Waals surface area contributed by atoms with Crippen LogP contribution in [0.5, 0.6) is 5.75 Å². The van der Waals surface area contributed by atoms with E-state index in [4.69, 9.17) is 4.18 Å². The van der Waals surface area contributed by atoms with Crippen LogP contribution in [0.4, 0.5) is 13.2 Å². The van der Waals surface area contributed by atoms with Gasteiger partial charge in [-0.1, -0.05) is 140 Å². The first kappa shape index (κ1) is 28.7. The standard InChI is InChI=1S/C38H24F3O3PS/c39-38(40,41)46(42,43)44-33-23-11-19-29-27-17-7-9-21-31(27)37(35(29)33)32-22-10-8-18-28(32)30-20-12-24-34(36(30)37)45(25-13-3-1-4-14-25)26-15-5-2-6-16-26/h1-24H/t37-/m1/s1. The number of hydrogen-bond donors (Lipinski definition) is 0. The molecule has 0 heterocycles. The second-order valence-electron chi connectivity index (χ2n) is 11.2. The Morgan fingerprint density at radius 2 is 0.978 bits per heavy atom. The molecular weight excluding hydrogens is 624 g/mol. The Balaban J connectivity index is 1.53. The smallest absolute Gasteiger partial charge is 0.376 e. The van der Waals surface area contributed by atoms with Crippen LogP contribution >= 0.6 is 7.92 Å². The molecule has 46 heavy (non-hydrogen) atoms. The summed E-state index contributed by atoms with van der Waals surface area (Å²) in [4.78, 5) is 0. The molecule has 3 nitrogen and oxygen atoms in total. The van der Waals surface area contributed by atoms with Crippen molar-refractivity contribution in [2.75, 3.05) is 0 Å². The highest BCUT2D eigenvalue weighted by atomic mass is 32.2. The van der Waals surface area contributed by atoms with E-state index in [1.54, 1.807) is 6.07 Å². The lowest BCUT2D eigenvalue weighted by Crippen LogP contribution is -2.35. The molecule has 6 aromatic rings. The third kappa shape index (κ3) is 4.05. The number of rotatable bonds is 5. The van der Waals surface area contributed by atoms with Gasteiger partial charge >= 0.3 is 15.6 Å². The van der Waals surface area contributed by atoms with Gasteiger partial charge in [0.2, 0.25) is 0 Å². The van der Waals surface area contributed by atoms with Crippen LogP contribution in [0.15, 0.2) is 146 Å². The van der Waals surface area contributed by atoms with E-state index in [1.807, 2.05) is 103 Å². The largest absolute Gasteiger partial charge is 0.534 e. The molecule has 0 radical (unpaired) electrons. The molecule has 0 bridgehead atoms. The van der Waals surface area contributed by atoms with Gasteiger partial charge in [-0.3, -0.25) is 0 Å². The average Bonchev–Trinajstić information content (AvgIpc) is 3.54. The first-order valence-electron chi connectivity index (χ1n) is 14.6. The van der Waals surface area contributed by atoms with E-state index in [2.05, 4.69) is 30.3 Å². The van der Waals surface area contributed by atoms with E-state index in [0.29, 0.717) is 11.1 Å². The molecular formula is C38H24F3O3PS. The van der Waals surface area contributed by atoms with Crippen LogP contribution in [0, 0.1) is 0 Å². The molecule has 0 amide bonds. The molecule has 1 spiro atoms. The summed E-state index contributed by atoms with van der Waals surface area (Å²) in [5.41, 5.74) is -0.396. The van der Waals surface area contributed by atoms with Crippen LogP contribution in [0.25, 0.3) is 22.3 Å². The summed E-state index contributed by atoms with van der Waals surface area (Å²) in [5, 5.41) is 3.25. The van der Waals surface area contributed by atoms with E-state index < -0.39 is 29.0 Å². The van der Waals surface area contributed by atoms with Crippen LogP contribution in [0.1, 0.15) is 22.3 Å². The van der Waals surface area contributed by atoms with Crippen LogP contribution < -0.4 is 20.1 Å². The average molecular weight is 649 g/mol. The molecule has 8 rings (SSSR count). The van der Waals surface area contributed by atoms with E-state index in [-0.39, 0.29) is 5.75 Å². The van der Waals surface area contributed by atoms with E-state index in [9.17, 15) is 21.6 Å². The van der Waals surface area contributed by atoms with Gasteiger partial charge in [-0.15, -0.1) is 0 Å². The molecule has 0 fully saturated rings. The van der Waals surface area contributed by atoms with Gasteiger partial charge in [0.25, 0.3) is 0 Å². The second-order valence-corrected chi connectivity index (χ2v) is 14.9. The van der Waals surface area contributed by atoms with Crippen molar-refractivity contribution in [3.63, 3.8) is 0 Å². The van der Waals surface area contributed by atoms with Gasteiger partial charge < -0.3 is 4.18 Å². The number of benzene rings is 6. The fourth-order valence-corrected chi connectivity index (χ4v) is 10.2. The SMILES string of the molecule is O=S(=O)(Oc1cccc2c1[C@@]1(c3ccccc3-2)c2ccccc2-c2cccc(P(c3ccccc3)c3ccccc3)c21)C(F)(F)F. The van der Waals surface area contributed by atoms with Crippen molar-refractivity contribution in [3.05, 3.63) is 168 Å². The summed E-state index contributed by atoms with van der Waals surface area (Å²) >= 11 is 0. The normalized spacial score (nSPS) is 16.2. The zero-order valence-electron chi connectivity index (χ0n) is 24.1. The maximum Gasteiger partial charge on any atom is 0.534 e. The van der Waals surface area contributed by atoms with Crippen molar-refractivity contribution >= 4 is 34.0 Å². The zero-order valence-corrected chi connectivity index (χ0v) is 25.8. The lowest BCUT2D eigenvalue weighted by atomic mass is 9.70. The molecule has 0 N–H and O–H groups in total. The topological polar surface area (TPSA) is 43.4 Å². The third-order valence-electron chi connectivity index (χ3n) is 8.81. The Labute approximate surface area is 265 Å². The van der Waals surface area contributed by atoms with Gasteiger partial charge in [0.1, 0.15) is 5.75 Å². The van der Waals surface area contributed by atoms with Crippen molar-refractivity contribution in [3.8, 4) is 28.0 Å². The minimum Gasteiger partial charge on any atom is -0.376 e. The van der Waals surface area contributed by atoms with Crippen molar-refractivity contribution < 1.29 is 25.8 Å². The Bertz CT molecular complexity index is 2200. The molecule has 2 aliphatic carbocycles. The Morgan fingerprint density at radius 3 is 1.52 bits per heavy atom. The summed E-state index contributed by atoms with van der Waals surface area (Å²) < 4.78 is 71.7. The lowest BCUT2D eigenvalue weighted by molar-refractivity contribution is -0.0500. The van der Waals surface area contributed by atoms with Crippen LogP contribution in [-0.2, 0) is 15.5 Å². The fraction of sp³-hybridized carbons (Fsp3) is 0.0526. The zero-order chi connectivity index (χ0) is 31.7. The van der Waals surface area contributed by atoms with Gasteiger partial charge in [0, 0.05) is 5.56 Å². The van der Waals surface area contributed by atoms with Gasteiger partial charge in [0.05, 0.1) is 5.41 Å². The quantitative estimate of drug-likeness (QED) is 0.108. The van der Waals surface area contributed by atoms with E-state index in [0.717, 1.165) is 49.3 Å². The van der Waals surface area contributed by atoms with E-state index >= 15 is 0 Å². The van der Waals surface area contributed by atoms with Crippen molar-refractivity contribution in [1.29, 1.82) is 0 Å². The Morgan fingerprint density at radius 1 is 0.522 bits per heavy atom. The molecule has 0 aliphatic heterocycles. The van der Waals surface area contributed by atoms with Gasteiger partial charge in [-0.2, -0.15) is 21.6 Å². The van der Waals surface area contributed by atoms with Gasteiger partial charge in [-0.05, 0) is 68.8 Å². The summed E-state index contributed by atoms with van der Waals surface area (Å²) in [7, 11) is -7.14. The van der Waals surface area contributed by atoms with Crippen molar-refractivity contribution in [1.82, 2.24) is 0 Å². The fourth-order valence-electron chi connectivity index (χ4n) is 7.20. The summed E-state index contributed by atoms with van der Waals surface area (Å²) in [5.74, 6) is -0.341. The van der Waals surface area contributed by atoms with Gasteiger partial charge in [-0.25, -0.2) is 0 Å². The van der Waals surface area contributed by atoms with Crippen molar-refractivity contribution in [2.24, 2.45) is 0 Å². The van der Waals surface area contributed by atoms with Crippen LogP contribution in [-0.4, -0.2) is 13.9 Å². The highest BCUT2D eigenvalue weighted by Gasteiger charge is 2.56. The first-order chi connectivity index (χ1) is 22.2. The number of hydrogen-bond acceptors (Lipinski definition) is 3.